The molecule has 2 heteroatoms. The summed E-state index contributed by atoms with van der Waals surface area (Å²) >= 11 is 0. The van der Waals surface area contributed by atoms with Gasteiger partial charge in [0.1, 0.15) is 5.65 Å². The van der Waals surface area contributed by atoms with Crippen LogP contribution in [-0.4, -0.2) is 9.38 Å². The van der Waals surface area contributed by atoms with Gasteiger partial charge in [0.2, 0.25) is 0 Å². The lowest BCUT2D eigenvalue weighted by Crippen LogP contribution is -1.94. The SMILES string of the molecule is c1ccc2c(c1)Cc1c-2ccc2c1Cc1c-2ccc2nc3c4ccccc4c4ccccc4n3c12. The Hall–Kier alpha value is -4.43. The summed E-state index contributed by atoms with van der Waals surface area (Å²) in [5.41, 5.74) is 16.1. The third kappa shape index (κ3) is 2.14. The predicted octanol–water partition coefficient (Wildman–Crippen LogP) is 7.94. The van der Waals surface area contributed by atoms with Gasteiger partial charge in [-0.2, -0.15) is 0 Å². The van der Waals surface area contributed by atoms with Crippen LogP contribution in [-0.2, 0) is 12.8 Å². The quantitative estimate of drug-likeness (QED) is 0.217. The first-order valence-electron chi connectivity index (χ1n) is 12.3. The standard InChI is InChI=1S/C33H20N2/c1-2-8-20-19(7-1)17-27-22(20)13-14-23-24-15-16-30-32(29(24)18-28(23)27)35-31-12-6-5-10-25(31)21-9-3-4-11-26(21)33(35)34-30/h1-16H,17-18H2. The van der Waals surface area contributed by atoms with E-state index in [-0.39, 0.29) is 0 Å². The van der Waals surface area contributed by atoms with E-state index in [9.17, 15) is 0 Å². The number of hydrogen-bond donors (Lipinski definition) is 0. The molecule has 0 atom stereocenters. The van der Waals surface area contributed by atoms with Crippen LogP contribution in [0.5, 0.6) is 0 Å². The van der Waals surface area contributed by atoms with E-state index >= 15 is 0 Å². The molecule has 9 rings (SSSR count). The molecule has 2 aliphatic carbocycles. The monoisotopic (exact) mass is 444 g/mol. The summed E-state index contributed by atoms with van der Waals surface area (Å²) in [5.74, 6) is 0. The van der Waals surface area contributed by atoms with Gasteiger partial charge in [0.05, 0.1) is 16.6 Å². The molecule has 2 aromatic heterocycles. The molecule has 0 spiro atoms. The topological polar surface area (TPSA) is 17.3 Å². The van der Waals surface area contributed by atoms with Crippen LogP contribution in [0.1, 0.15) is 22.3 Å². The lowest BCUT2D eigenvalue weighted by Gasteiger charge is -2.10. The molecular weight excluding hydrogens is 424 g/mol. The second-order valence-electron chi connectivity index (χ2n) is 9.92. The molecule has 7 aromatic rings. The average Bonchev–Trinajstić information content (AvgIpc) is 3.59. The Labute approximate surface area is 202 Å². The maximum absolute atomic E-state index is 5.20. The zero-order valence-corrected chi connectivity index (χ0v) is 19.0. The van der Waals surface area contributed by atoms with E-state index in [0.29, 0.717) is 0 Å². The molecule has 0 unspecified atom stereocenters. The molecule has 0 radical (unpaired) electrons. The van der Waals surface area contributed by atoms with Crippen molar-refractivity contribution < 1.29 is 0 Å². The van der Waals surface area contributed by atoms with Gasteiger partial charge in [-0.25, -0.2) is 4.98 Å². The summed E-state index contributed by atoms with van der Waals surface area (Å²) < 4.78 is 2.42. The molecule has 2 heterocycles. The third-order valence-electron chi connectivity index (χ3n) is 8.28. The second kappa shape index (κ2) is 6.17. The molecule has 0 amide bonds. The molecule has 5 aromatic carbocycles. The zero-order chi connectivity index (χ0) is 22.7. The summed E-state index contributed by atoms with van der Waals surface area (Å²) in [6, 6.07) is 35.5. The summed E-state index contributed by atoms with van der Waals surface area (Å²) in [6.07, 6.45) is 2.00. The smallest absolute Gasteiger partial charge is 0.146 e. The molecule has 162 valence electrons. The number of aromatic nitrogens is 2. The maximum Gasteiger partial charge on any atom is 0.146 e. The largest absolute Gasteiger partial charge is 0.291 e. The number of hydrogen-bond acceptors (Lipinski definition) is 1. The van der Waals surface area contributed by atoms with E-state index in [1.165, 1.54) is 71.7 Å². The van der Waals surface area contributed by atoms with Gasteiger partial charge in [-0.1, -0.05) is 84.9 Å². The van der Waals surface area contributed by atoms with Crippen molar-refractivity contribution in [3.8, 4) is 22.3 Å². The van der Waals surface area contributed by atoms with Gasteiger partial charge in [-0.15, -0.1) is 0 Å². The first kappa shape index (κ1) is 18.0. The van der Waals surface area contributed by atoms with Crippen LogP contribution < -0.4 is 0 Å². The Morgan fingerprint density at radius 1 is 0.514 bits per heavy atom. The van der Waals surface area contributed by atoms with Gasteiger partial charge < -0.3 is 0 Å². The van der Waals surface area contributed by atoms with E-state index in [1.807, 2.05) is 0 Å². The Kier molecular flexibility index (Phi) is 3.16. The minimum atomic E-state index is 0.966. The normalized spacial score (nSPS) is 13.5. The van der Waals surface area contributed by atoms with Gasteiger partial charge in [0.25, 0.3) is 0 Å². The maximum atomic E-state index is 5.20. The predicted molar refractivity (Wildman–Crippen MR) is 144 cm³/mol. The molecule has 0 aliphatic heterocycles. The number of nitrogens with zero attached hydrogens (tertiary/aromatic N) is 2. The molecule has 2 aliphatic rings. The molecule has 35 heavy (non-hydrogen) atoms. The van der Waals surface area contributed by atoms with Crippen LogP contribution in [0.3, 0.4) is 0 Å². The Morgan fingerprint density at radius 2 is 1.17 bits per heavy atom. The fourth-order valence-electron chi connectivity index (χ4n) is 6.80. The lowest BCUT2D eigenvalue weighted by atomic mass is 9.96. The Balaban J connectivity index is 1.39. The van der Waals surface area contributed by atoms with Crippen molar-refractivity contribution in [1.29, 1.82) is 0 Å². The molecule has 0 fully saturated rings. The van der Waals surface area contributed by atoms with Crippen LogP contribution in [0.2, 0.25) is 0 Å². The first-order valence-corrected chi connectivity index (χ1v) is 12.3. The second-order valence-corrected chi connectivity index (χ2v) is 9.92. The highest BCUT2D eigenvalue weighted by Crippen LogP contribution is 2.48. The Bertz CT molecular complexity index is 2060. The number of fused-ring (bicyclic) bond motifs is 16. The van der Waals surface area contributed by atoms with Gasteiger partial charge in [0.15, 0.2) is 0 Å². The number of rotatable bonds is 0. The highest BCUT2D eigenvalue weighted by atomic mass is 15.0. The summed E-state index contributed by atoms with van der Waals surface area (Å²) in [6.45, 7) is 0. The van der Waals surface area contributed by atoms with E-state index in [4.69, 9.17) is 4.98 Å². The minimum absolute atomic E-state index is 0.966. The van der Waals surface area contributed by atoms with Crippen molar-refractivity contribution >= 4 is 38.4 Å². The van der Waals surface area contributed by atoms with E-state index < -0.39 is 0 Å². The zero-order valence-electron chi connectivity index (χ0n) is 19.0. The van der Waals surface area contributed by atoms with Crippen LogP contribution >= 0.6 is 0 Å². The highest BCUT2D eigenvalue weighted by molar-refractivity contribution is 6.14. The summed E-state index contributed by atoms with van der Waals surface area (Å²) in [4.78, 5) is 5.20. The fraction of sp³-hybridized carbons (Fsp3) is 0.0606. The number of benzene rings is 5. The van der Waals surface area contributed by atoms with Crippen molar-refractivity contribution in [3.63, 3.8) is 0 Å². The van der Waals surface area contributed by atoms with Crippen molar-refractivity contribution in [3.05, 3.63) is 119 Å². The van der Waals surface area contributed by atoms with Crippen LogP contribution in [0.4, 0.5) is 0 Å². The lowest BCUT2D eigenvalue weighted by molar-refractivity contribution is 1.16. The van der Waals surface area contributed by atoms with E-state index in [0.717, 1.165) is 24.0 Å². The molecular formula is C33H20N2. The van der Waals surface area contributed by atoms with Gasteiger partial charge >= 0.3 is 0 Å². The summed E-state index contributed by atoms with van der Waals surface area (Å²) in [7, 11) is 0. The number of imidazole rings is 1. The third-order valence-corrected chi connectivity index (χ3v) is 8.28. The molecule has 0 saturated heterocycles. The molecule has 2 nitrogen and oxygen atoms in total. The minimum Gasteiger partial charge on any atom is -0.291 e. The van der Waals surface area contributed by atoms with Crippen molar-refractivity contribution in [2.24, 2.45) is 0 Å². The molecule has 0 saturated carbocycles. The molecule has 0 bridgehead atoms. The van der Waals surface area contributed by atoms with Crippen molar-refractivity contribution in [2.45, 2.75) is 12.8 Å². The Morgan fingerprint density at radius 3 is 2.09 bits per heavy atom. The number of para-hydroxylation sites is 1. The molecule has 0 N–H and O–H groups in total. The average molecular weight is 445 g/mol. The van der Waals surface area contributed by atoms with Crippen molar-refractivity contribution in [1.82, 2.24) is 9.38 Å². The number of pyridine rings is 1. The highest BCUT2D eigenvalue weighted by Gasteiger charge is 2.30. The van der Waals surface area contributed by atoms with Crippen LogP contribution in [0, 0.1) is 0 Å². The van der Waals surface area contributed by atoms with Gasteiger partial charge in [0, 0.05) is 17.2 Å². The van der Waals surface area contributed by atoms with Crippen LogP contribution in [0.15, 0.2) is 97.1 Å². The van der Waals surface area contributed by atoms with E-state index in [1.54, 1.807) is 0 Å². The first-order chi connectivity index (χ1) is 17.4. The fourth-order valence-corrected chi connectivity index (χ4v) is 6.80. The van der Waals surface area contributed by atoms with Gasteiger partial charge in [-0.05, 0) is 68.4 Å². The van der Waals surface area contributed by atoms with Crippen LogP contribution in [0.25, 0.3) is 60.6 Å². The van der Waals surface area contributed by atoms with Crippen molar-refractivity contribution in [2.75, 3.05) is 0 Å². The van der Waals surface area contributed by atoms with E-state index in [2.05, 4.69) is 101 Å². The van der Waals surface area contributed by atoms with Gasteiger partial charge in [-0.3, -0.25) is 4.40 Å². The summed E-state index contributed by atoms with van der Waals surface area (Å²) in [5, 5.41) is 3.75.